The van der Waals surface area contributed by atoms with Gasteiger partial charge in [-0.3, -0.25) is 19.1 Å². The quantitative estimate of drug-likeness (QED) is 0.542. The molecule has 3 aromatic heterocycles. The Kier molecular flexibility index (Phi) is 5.66. The van der Waals surface area contributed by atoms with E-state index in [0.717, 1.165) is 50.5 Å². The smallest absolute Gasteiger partial charge is 0.277 e. The first-order valence-electron chi connectivity index (χ1n) is 12.7. The van der Waals surface area contributed by atoms with Crippen LogP contribution in [0, 0.1) is 12.7 Å². The van der Waals surface area contributed by atoms with Crippen molar-refractivity contribution in [3.05, 3.63) is 46.0 Å². The number of nitrogens with zero attached hydrogens (tertiary/aromatic N) is 5. The van der Waals surface area contributed by atoms with Crippen LogP contribution < -0.4 is 20.9 Å². The number of pyridine rings is 1. The highest BCUT2D eigenvalue weighted by Crippen LogP contribution is 2.37. The van der Waals surface area contributed by atoms with E-state index < -0.39 is 22.9 Å². The van der Waals surface area contributed by atoms with Gasteiger partial charge in [-0.1, -0.05) is 6.42 Å². The SMILES string of the molecule is Cc1c(OCCN2CCCC2)cn2ncnc(Nc3cc(F)c4n(c3=O)C3(CCCCC3)NC4=O)c12. The molecular formula is C25H30FN7O3. The van der Waals surface area contributed by atoms with Crippen LogP contribution in [-0.4, -0.2) is 56.2 Å². The summed E-state index contributed by atoms with van der Waals surface area (Å²) in [4.78, 5) is 32.9. The van der Waals surface area contributed by atoms with Crippen molar-refractivity contribution < 1.29 is 13.9 Å². The standard InChI is InChI=1S/C25H30FN7O3/c1-16-19(36-12-11-31-9-5-6-10-31)14-32-20(16)22(27-15-28-32)29-18-13-17(26)21-23(34)30-25(33(21)24(18)35)7-3-2-4-8-25/h13-15H,2-12H2,1H3,(H,30,34)(H,27,28,29). The van der Waals surface area contributed by atoms with E-state index >= 15 is 4.39 Å². The van der Waals surface area contributed by atoms with E-state index in [4.69, 9.17) is 4.74 Å². The molecule has 2 N–H and O–H groups in total. The summed E-state index contributed by atoms with van der Waals surface area (Å²) in [5.41, 5.74) is -0.0388. The number of anilines is 2. The first-order chi connectivity index (χ1) is 17.5. The zero-order chi connectivity index (χ0) is 24.9. The molecule has 0 unspecified atom stereocenters. The molecule has 3 aromatic rings. The maximum absolute atomic E-state index is 15.2. The average Bonchev–Trinajstić information content (AvgIpc) is 3.56. The largest absolute Gasteiger partial charge is 0.490 e. The number of likely N-dealkylation sites (tertiary alicyclic amines) is 1. The molecule has 11 heteroatoms. The fourth-order valence-corrected chi connectivity index (χ4v) is 5.90. The molecule has 10 nitrogen and oxygen atoms in total. The molecule has 1 amide bonds. The predicted octanol–water partition coefficient (Wildman–Crippen LogP) is 2.92. The number of halogens is 1. The van der Waals surface area contributed by atoms with E-state index in [1.807, 2.05) is 6.92 Å². The number of aromatic nitrogens is 4. The Labute approximate surface area is 207 Å². The molecule has 2 fully saturated rings. The summed E-state index contributed by atoms with van der Waals surface area (Å²) in [5, 5.41) is 10.2. The van der Waals surface area contributed by atoms with Gasteiger partial charge in [0.15, 0.2) is 11.6 Å². The number of fused-ring (bicyclic) bond motifs is 3. The molecular weight excluding hydrogens is 465 g/mol. The molecule has 1 aliphatic carbocycles. The van der Waals surface area contributed by atoms with E-state index in [1.54, 1.807) is 10.7 Å². The van der Waals surface area contributed by atoms with Crippen molar-refractivity contribution in [1.82, 2.24) is 29.4 Å². The van der Waals surface area contributed by atoms with Crippen LogP contribution in [0.25, 0.3) is 5.52 Å². The number of carbonyl (C=O) groups is 1. The highest BCUT2D eigenvalue weighted by Gasteiger charge is 2.46. The number of amides is 1. The van der Waals surface area contributed by atoms with Crippen LogP contribution in [0.5, 0.6) is 5.75 Å². The molecule has 1 saturated carbocycles. The minimum absolute atomic E-state index is 0.0235. The topological polar surface area (TPSA) is 106 Å². The molecule has 3 aliphatic rings. The minimum atomic E-state index is -0.872. The lowest BCUT2D eigenvalue weighted by atomic mass is 9.89. The van der Waals surface area contributed by atoms with Crippen molar-refractivity contribution in [3.8, 4) is 5.75 Å². The Morgan fingerprint density at radius 2 is 1.94 bits per heavy atom. The predicted molar refractivity (Wildman–Crippen MR) is 131 cm³/mol. The minimum Gasteiger partial charge on any atom is -0.490 e. The fourth-order valence-electron chi connectivity index (χ4n) is 5.90. The van der Waals surface area contributed by atoms with E-state index in [9.17, 15) is 9.59 Å². The third kappa shape index (κ3) is 3.73. The Balaban J connectivity index is 1.33. The number of rotatable bonds is 6. The number of carbonyl (C=O) groups excluding carboxylic acids is 1. The fraction of sp³-hybridized carbons (Fsp3) is 0.520. The van der Waals surface area contributed by atoms with Gasteiger partial charge in [0.25, 0.3) is 11.5 Å². The normalized spacial score (nSPS) is 19.1. The lowest BCUT2D eigenvalue weighted by Gasteiger charge is -2.35. The van der Waals surface area contributed by atoms with E-state index in [1.165, 1.54) is 23.7 Å². The second kappa shape index (κ2) is 8.88. The molecule has 0 atom stereocenters. The first-order valence-corrected chi connectivity index (χ1v) is 12.7. The highest BCUT2D eigenvalue weighted by molar-refractivity contribution is 5.96. The van der Waals surface area contributed by atoms with Crippen LogP contribution in [-0.2, 0) is 5.66 Å². The Hall–Kier alpha value is -3.47. The van der Waals surface area contributed by atoms with Crippen LogP contribution in [0.4, 0.5) is 15.9 Å². The maximum Gasteiger partial charge on any atom is 0.277 e. The molecule has 0 bridgehead atoms. The van der Waals surface area contributed by atoms with Gasteiger partial charge in [-0.2, -0.15) is 5.10 Å². The zero-order valence-corrected chi connectivity index (χ0v) is 20.3. The molecule has 36 heavy (non-hydrogen) atoms. The maximum atomic E-state index is 15.2. The van der Waals surface area contributed by atoms with Crippen LogP contribution in [0.1, 0.15) is 61.0 Å². The van der Waals surface area contributed by atoms with Gasteiger partial charge in [-0.25, -0.2) is 13.9 Å². The molecule has 6 rings (SSSR count). The van der Waals surface area contributed by atoms with E-state index in [0.29, 0.717) is 36.5 Å². The molecule has 190 valence electrons. The Morgan fingerprint density at radius 1 is 1.17 bits per heavy atom. The molecule has 0 radical (unpaired) electrons. The van der Waals surface area contributed by atoms with Crippen LogP contribution in [0.2, 0.25) is 0 Å². The van der Waals surface area contributed by atoms with Crippen molar-refractivity contribution in [2.75, 3.05) is 31.6 Å². The zero-order valence-electron chi connectivity index (χ0n) is 20.3. The number of aryl methyl sites for hydroxylation is 1. The summed E-state index contributed by atoms with van der Waals surface area (Å²) < 4.78 is 24.2. The number of hydrogen-bond acceptors (Lipinski definition) is 7. The third-order valence-electron chi connectivity index (χ3n) is 7.72. The summed E-state index contributed by atoms with van der Waals surface area (Å²) in [6.45, 7) is 5.55. The van der Waals surface area contributed by atoms with Gasteiger partial charge in [-0.15, -0.1) is 0 Å². The van der Waals surface area contributed by atoms with Crippen molar-refractivity contribution in [2.45, 2.75) is 57.5 Å². The highest BCUT2D eigenvalue weighted by atomic mass is 19.1. The number of ether oxygens (including phenoxy) is 1. The summed E-state index contributed by atoms with van der Waals surface area (Å²) in [6, 6.07) is 1.08. The Bertz CT molecular complexity index is 1390. The van der Waals surface area contributed by atoms with Crippen molar-refractivity contribution in [1.29, 1.82) is 0 Å². The lowest BCUT2D eigenvalue weighted by molar-refractivity contribution is 0.0876. The van der Waals surface area contributed by atoms with Gasteiger partial charge in [-0.05, 0) is 58.5 Å². The second-order valence-electron chi connectivity index (χ2n) is 9.98. The van der Waals surface area contributed by atoms with Crippen LogP contribution in [0.15, 0.2) is 23.4 Å². The van der Waals surface area contributed by atoms with Gasteiger partial charge >= 0.3 is 0 Å². The van der Waals surface area contributed by atoms with Gasteiger partial charge in [0.1, 0.15) is 41.2 Å². The van der Waals surface area contributed by atoms with Crippen LogP contribution in [0.3, 0.4) is 0 Å². The molecule has 5 heterocycles. The Morgan fingerprint density at radius 3 is 2.72 bits per heavy atom. The molecule has 0 aromatic carbocycles. The number of nitrogens with one attached hydrogen (secondary N) is 2. The molecule has 1 saturated heterocycles. The molecule has 1 spiro atoms. The third-order valence-corrected chi connectivity index (χ3v) is 7.72. The van der Waals surface area contributed by atoms with Gasteiger partial charge in [0, 0.05) is 18.2 Å². The van der Waals surface area contributed by atoms with Crippen molar-refractivity contribution in [2.24, 2.45) is 0 Å². The summed E-state index contributed by atoms with van der Waals surface area (Å²) in [7, 11) is 0. The summed E-state index contributed by atoms with van der Waals surface area (Å²) in [6.07, 6.45) is 9.57. The summed E-state index contributed by atoms with van der Waals surface area (Å²) in [5.74, 6) is -0.227. The second-order valence-corrected chi connectivity index (χ2v) is 9.98. The van der Waals surface area contributed by atoms with Gasteiger partial charge in [0.2, 0.25) is 0 Å². The van der Waals surface area contributed by atoms with Crippen LogP contribution >= 0.6 is 0 Å². The van der Waals surface area contributed by atoms with Gasteiger partial charge in [0.05, 0.1) is 6.20 Å². The monoisotopic (exact) mass is 495 g/mol. The average molecular weight is 496 g/mol. The molecule has 2 aliphatic heterocycles. The lowest BCUT2D eigenvalue weighted by Crippen LogP contribution is -2.48. The summed E-state index contributed by atoms with van der Waals surface area (Å²) >= 11 is 0. The number of hydrogen-bond donors (Lipinski definition) is 2. The van der Waals surface area contributed by atoms with E-state index in [-0.39, 0.29) is 11.4 Å². The van der Waals surface area contributed by atoms with Crippen molar-refractivity contribution >= 4 is 22.9 Å². The van der Waals surface area contributed by atoms with Gasteiger partial charge < -0.3 is 15.4 Å². The van der Waals surface area contributed by atoms with E-state index in [2.05, 4.69) is 25.6 Å². The first kappa shape index (κ1) is 23.0. The van der Waals surface area contributed by atoms with Crippen molar-refractivity contribution in [3.63, 3.8) is 0 Å².